The van der Waals surface area contributed by atoms with Crippen LogP contribution in [0.15, 0.2) is 48.7 Å². The quantitative estimate of drug-likeness (QED) is 0.458. The predicted molar refractivity (Wildman–Crippen MR) is 116 cm³/mol. The van der Waals surface area contributed by atoms with Crippen LogP contribution < -0.4 is 16.0 Å². The number of carbonyl (C=O) groups is 1. The maximum absolute atomic E-state index is 13.5. The molecule has 2 heterocycles. The summed E-state index contributed by atoms with van der Waals surface area (Å²) in [6.45, 7) is 2.57. The summed E-state index contributed by atoms with van der Waals surface area (Å²) in [7, 11) is 0. The molecule has 3 N–H and O–H groups in total. The largest absolute Gasteiger partial charge is 0.684 e. The van der Waals surface area contributed by atoms with Crippen LogP contribution in [0.4, 0.5) is 42.0 Å². The first-order chi connectivity index (χ1) is 15.3. The van der Waals surface area contributed by atoms with Gasteiger partial charge >= 0.3 is 6.18 Å². The number of anilines is 4. The SMILES string of the molecule is CC[N-]c1ccccc1CNc1nc(Nc2ccc3c(c2)CC(=O)N3)ncc1C(F)(F)F. The Morgan fingerprint density at radius 2 is 2.00 bits per heavy atom. The molecule has 1 aliphatic heterocycles. The molecule has 1 aromatic heterocycles. The average Bonchev–Trinajstić information content (AvgIpc) is 3.12. The molecule has 1 amide bonds. The third-order valence-corrected chi connectivity index (χ3v) is 4.85. The fraction of sp³-hybridized carbons (Fsp3) is 0.227. The van der Waals surface area contributed by atoms with Gasteiger partial charge in [-0.25, -0.2) is 4.98 Å². The molecule has 4 rings (SSSR count). The highest BCUT2D eigenvalue weighted by Crippen LogP contribution is 2.35. The molecule has 0 saturated carbocycles. The van der Waals surface area contributed by atoms with Gasteiger partial charge in [0.15, 0.2) is 0 Å². The molecule has 10 heteroatoms. The van der Waals surface area contributed by atoms with Crippen molar-refractivity contribution in [3.8, 4) is 0 Å². The van der Waals surface area contributed by atoms with Crippen LogP contribution in [0.5, 0.6) is 0 Å². The number of benzene rings is 2. The molecule has 0 bridgehead atoms. The fourth-order valence-electron chi connectivity index (χ4n) is 3.38. The van der Waals surface area contributed by atoms with Crippen LogP contribution in [0.25, 0.3) is 5.32 Å². The van der Waals surface area contributed by atoms with Crippen molar-refractivity contribution in [2.75, 3.05) is 22.5 Å². The lowest BCUT2D eigenvalue weighted by molar-refractivity contribution is -0.137. The van der Waals surface area contributed by atoms with Gasteiger partial charge in [0, 0.05) is 24.1 Å². The second-order valence-electron chi connectivity index (χ2n) is 7.13. The normalized spacial score (nSPS) is 12.8. The highest BCUT2D eigenvalue weighted by Gasteiger charge is 2.35. The van der Waals surface area contributed by atoms with E-state index in [9.17, 15) is 18.0 Å². The first-order valence-electron chi connectivity index (χ1n) is 9.97. The van der Waals surface area contributed by atoms with E-state index in [4.69, 9.17) is 0 Å². The number of para-hydroxylation sites is 1. The van der Waals surface area contributed by atoms with Crippen molar-refractivity contribution in [1.29, 1.82) is 0 Å². The minimum atomic E-state index is -4.62. The second-order valence-corrected chi connectivity index (χ2v) is 7.13. The van der Waals surface area contributed by atoms with E-state index < -0.39 is 11.7 Å². The third-order valence-electron chi connectivity index (χ3n) is 4.85. The van der Waals surface area contributed by atoms with E-state index in [2.05, 4.69) is 31.2 Å². The molecule has 2 aromatic carbocycles. The molecule has 7 nitrogen and oxygen atoms in total. The Bertz CT molecular complexity index is 1150. The van der Waals surface area contributed by atoms with Gasteiger partial charge in [0.05, 0.1) is 6.42 Å². The molecular formula is C22H20F3N6O-. The molecule has 0 saturated heterocycles. The van der Waals surface area contributed by atoms with Gasteiger partial charge in [-0.05, 0) is 29.3 Å². The number of hydrogen-bond acceptors (Lipinski definition) is 5. The summed E-state index contributed by atoms with van der Waals surface area (Å²) >= 11 is 0. The van der Waals surface area contributed by atoms with Crippen LogP contribution >= 0.6 is 0 Å². The Morgan fingerprint density at radius 3 is 2.78 bits per heavy atom. The maximum Gasteiger partial charge on any atom is 0.421 e. The summed E-state index contributed by atoms with van der Waals surface area (Å²) in [6, 6.07) is 12.4. The van der Waals surface area contributed by atoms with Crippen LogP contribution in [-0.2, 0) is 23.9 Å². The fourth-order valence-corrected chi connectivity index (χ4v) is 3.38. The Labute approximate surface area is 182 Å². The highest BCUT2D eigenvalue weighted by molar-refractivity contribution is 5.99. The number of amides is 1. The molecule has 0 spiro atoms. The Morgan fingerprint density at radius 1 is 1.19 bits per heavy atom. The summed E-state index contributed by atoms with van der Waals surface area (Å²) < 4.78 is 40.6. The monoisotopic (exact) mass is 441 g/mol. The summed E-state index contributed by atoms with van der Waals surface area (Å²) in [4.78, 5) is 19.4. The van der Waals surface area contributed by atoms with Gasteiger partial charge in [0.2, 0.25) is 11.9 Å². The van der Waals surface area contributed by atoms with Gasteiger partial charge in [-0.1, -0.05) is 31.2 Å². The zero-order chi connectivity index (χ0) is 22.7. The van der Waals surface area contributed by atoms with Gasteiger partial charge in [-0.15, -0.1) is 12.2 Å². The Kier molecular flexibility index (Phi) is 5.85. The van der Waals surface area contributed by atoms with Crippen molar-refractivity contribution in [1.82, 2.24) is 9.97 Å². The molecule has 32 heavy (non-hydrogen) atoms. The molecule has 0 unspecified atom stereocenters. The average molecular weight is 441 g/mol. The zero-order valence-electron chi connectivity index (χ0n) is 17.1. The second kappa shape index (κ2) is 8.74. The van der Waals surface area contributed by atoms with E-state index in [-0.39, 0.29) is 30.6 Å². The van der Waals surface area contributed by atoms with E-state index in [1.807, 2.05) is 19.1 Å². The first-order valence-corrected chi connectivity index (χ1v) is 9.97. The van der Waals surface area contributed by atoms with Crippen LogP contribution in [0, 0.1) is 0 Å². The minimum Gasteiger partial charge on any atom is -0.684 e. The smallest absolute Gasteiger partial charge is 0.421 e. The van der Waals surface area contributed by atoms with Gasteiger partial charge in [-0.2, -0.15) is 18.2 Å². The Hall–Kier alpha value is -3.82. The molecule has 3 aromatic rings. The van der Waals surface area contributed by atoms with E-state index in [0.29, 0.717) is 23.6 Å². The molecule has 1 aliphatic rings. The maximum atomic E-state index is 13.5. The van der Waals surface area contributed by atoms with Crippen molar-refractivity contribution < 1.29 is 18.0 Å². The number of fused-ring (bicyclic) bond motifs is 1. The van der Waals surface area contributed by atoms with E-state index in [1.165, 1.54) is 0 Å². The van der Waals surface area contributed by atoms with Crippen LogP contribution in [0.1, 0.15) is 23.6 Å². The molecule has 0 aliphatic carbocycles. The van der Waals surface area contributed by atoms with Crippen molar-refractivity contribution in [3.05, 3.63) is 70.7 Å². The number of nitrogens with zero attached hydrogens (tertiary/aromatic N) is 3. The van der Waals surface area contributed by atoms with Gasteiger partial charge < -0.3 is 21.3 Å². The number of aromatic nitrogens is 2. The number of carbonyl (C=O) groups excluding carboxylic acids is 1. The predicted octanol–water partition coefficient (Wildman–Crippen LogP) is 5.37. The van der Waals surface area contributed by atoms with Crippen molar-refractivity contribution in [2.45, 2.75) is 26.1 Å². The molecule has 0 atom stereocenters. The molecule has 0 fully saturated rings. The number of alkyl halides is 3. The lowest BCUT2D eigenvalue weighted by Gasteiger charge is -2.23. The topological polar surface area (TPSA) is 93.0 Å². The van der Waals surface area contributed by atoms with Crippen molar-refractivity contribution in [2.24, 2.45) is 0 Å². The highest BCUT2D eigenvalue weighted by atomic mass is 19.4. The summed E-state index contributed by atoms with van der Waals surface area (Å²) in [5.41, 5.74) is 2.58. The molecular weight excluding hydrogens is 421 g/mol. The van der Waals surface area contributed by atoms with Crippen molar-refractivity contribution in [3.63, 3.8) is 0 Å². The van der Waals surface area contributed by atoms with Gasteiger partial charge in [0.1, 0.15) is 11.4 Å². The molecule has 166 valence electrons. The lowest BCUT2D eigenvalue weighted by Crippen LogP contribution is -2.14. The number of nitrogens with one attached hydrogen (secondary N) is 3. The van der Waals surface area contributed by atoms with E-state index in [0.717, 1.165) is 17.3 Å². The van der Waals surface area contributed by atoms with E-state index >= 15 is 0 Å². The number of hydrogen-bond donors (Lipinski definition) is 3. The number of rotatable bonds is 7. The Balaban J connectivity index is 1.58. The lowest BCUT2D eigenvalue weighted by atomic mass is 10.1. The summed E-state index contributed by atoms with van der Waals surface area (Å²) in [5, 5.41) is 12.8. The summed E-state index contributed by atoms with van der Waals surface area (Å²) in [6.07, 6.45) is -3.63. The first kappa shape index (κ1) is 21.4. The van der Waals surface area contributed by atoms with Crippen molar-refractivity contribution >= 4 is 34.7 Å². The number of halogens is 3. The minimum absolute atomic E-state index is 0.00395. The molecule has 0 radical (unpaired) electrons. The third kappa shape index (κ3) is 4.74. The van der Waals surface area contributed by atoms with Gasteiger partial charge in [-0.3, -0.25) is 4.79 Å². The summed E-state index contributed by atoms with van der Waals surface area (Å²) in [5.74, 6) is -0.437. The van der Waals surface area contributed by atoms with Crippen LogP contribution in [0.3, 0.4) is 0 Å². The van der Waals surface area contributed by atoms with Crippen LogP contribution in [-0.4, -0.2) is 22.4 Å². The zero-order valence-corrected chi connectivity index (χ0v) is 17.1. The van der Waals surface area contributed by atoms with E-state index in [1.54, 1.807) is 30.3 Å². The standard InChI is InChI=1S/C22H20F3N6O/c1-2-26-17-6-4-3-5-13(17)11-27-20-16(22(23,24)25)12-28-21(31-20)29-15-7-8-18-14(9-15)10-19(32)30-18/h3-9,12H,2,10-11H2,1H3,(H,30,32)(H2,27,28,29,31)/q-1. The van der Waals surface area contributed by atoms with Crippen LogP contribution in [0.2, 0.25) is 0 Å². The van der Waals surface area contributed by atoms with Gasteiger partial charge in [0.25, 0.3) is 0 Å².